The van der Waals surface area contributed by atoms with Crippen LogP contribution >= 0.6 is 11.8 Å². The molecule has 1 aliphatic carbocycles. The van der Waals surface area contributed by atoms with Crippen molar-refractivity contribution in [3.63, 3.8) is 0 Å². The molecular formula is C21H40N4O2S. The third-order valence-electron chi connectivity index (χ3n) is 6.20. The standard InChI is InChI=1S/C21H40N4O2S/c1-2-22-20(23-10-6-13-27-19-7-14-26-17-19)24-18-21(8-4-3-5-9-21)25-11-15-28-16-12-25/h19H,2-18H2,1H3,(H2,22,23,24). The first kappa shape index (κ1) is 22.2. The predicted molar refractivity (Wildman–Crippen MR) is 118 cm³/mol. The minimum atomic E-state index is 0.285. The maximum atomic E-state index is 5.86. The summed E-state index contributed by atoms with van der Waals surface area (Å²) in [5.74, 6) is 3.51. The van der Waals surface area contributed by atoms with Gasteiger partial charge in [-0.3, -0.25) is 9.89 Å². The molecule has 1 saturated carbocycles. The molecule has 0 radical (unpaired) electrons. The molecule has 0 spiro atoms. The van der Waals surface area contributed by atoms with Crippen LogP contribution in [0.15, 0.2) is 4.99 Å². The molecule has 7 heteroatoms. The van der Waals surface area contributed by atoms with Crippen LogP contribution in [0.3, 0.4) is 0 Å². The molecule has 1 unspecified atom stereocenters. The van der Waals surface area contributed by atoms with Gasteiger partial charge < -0.3 is 20.1 Å². The fourth-order valence-electron chi connectivity index (χ4n) is 4.56. The molecule has 162 valence electrons. The van der Waals surface area contributed by atoms with Gasteiger partial charge in [0.05, 0.1) is 19.3 Å². The molecule has 0 amide bonds. The Hall–Kier alpha value is -0.500. The summed E-state index contributed by atoms with van der Waals surface area (Å²) in [6.45, 7) is 9.70. The number of nitrogens with one attached hydrogen (secondary N) is 2. The number of ether oxygens (including phenoxy) is 2. The Bertz CT molecular complexity index is 459. The van der Waals surface area contributed by atoms with Gasteiger partial charge in [-0.2, -0.15) is 11.8 Å². The van der Waals surface area contributed by atoms with Crippen molar-refractivity contribution >= 4 is 17.7 Å². The highest BCUT2D eigenvalue weighted by Gasteiger charge is 2.38. The SMILES string of the molecule is CCNC(=NCC1(N2CCSCC2)CCCCC1)NCCCOC1CCOC1. The van der Waals surface area contributed by atoms with Crippen LogP contribution in [0.1, 0.15) is 51.9 Å². The summed E-state index contributed by atoms with van der Waals surface area (Å²) < 4.78 is 11.2. The Morgan fingerprint density at radius 2 is 2.04 bits per heavy atom. The van der Waals surface area contributed by atoms with Gasteiger partial charge in [-0.1, -0.05) is 19.3 Å². The lowest BCUT2D eigenvalue weighted by Gasteiger charge is -2.47. The third kappa shape index (κ3) is 6.78. The summed E-state index contributed by atoms with van der Waals surface area (Å²) >= 11 is 2.10. The molecule has 2 aliphatic heterocycles. The van der Waals surface area contributed by atoms with Gasteiger partial charge in [0.15, 0.2) is 5.96 Å². The van der Waals surface area contributed by atoms with E-state index in [1.54, 1.807) is 0 Å². The highest BCUT2D eigenvalue weighted by Crippen LogP contribution is 2.35. The lowest BCUT2D eigenvalue weighted by Crippen LogP contribution is -2.55. The van der Waals surface area contributed by atoms with Crippen LogP contribution in [0.2, 0.25) is 0 Å². The third-order valence-corrected chi connectivity index (χ3v) is 7.14. The lowest BCUT2D eigenvalue weighted by molar-refractivity contribution is 0.0419. The fraction of sp³-hybridized carbons (Fsp3) is 0.952. The number of aliphatic imine (C=N–C) groups is 1. The average molecular weight is 413 g/mol. The van der Waals surface area contributed by atoms with Gasteiger partial charge in [-0.25, -0.2) is 0 Å². The average Bonchev–Trinajstić information content (AvgIpc) is 3.26. The minimum absolute atomic E-state index is 0.285. The molecular weight excluding hydrogens is 372 g/mol. The van der Waals surface area contributed by atoms with Crippen LogP contribution in [0.5, 0.6) is 0 Å². The summed E-state index contributed by atoms with van der Waals surface area (Å²) in [5.41, 5.74) is 0.285. The largest absolute Gasteiger partial charge is 0.379 e. The van der Waals surface area contributed by atoms with Crippen molar-refractivity contribution in [3.05, 3.63) is 0 Å². The molecule has 0 aromatic rings. The van der Waals surface area contributed by atoms with Crippen molar-refractivity contribution in [1.29, 1.82) is 0 Å². The monoisotopic (exact) mass is 412 g/mol. The van der Waals surface area contributed by atoms with E-state index in [0.29, 0.717) is 6.10 Å². The van der Waals surface area contributed by atoms with Crippen LogP contribution in [0, 0.1) is 0 Å². The van der Waals surface area contributed by atoms with E-state index in [0.717, 1.165) is 58.3 Å². The molecule has 1 atom stereocenters. The van der Waals surface area contributed by atoms with Crippen molar-refractivity contribution in [1.82, 2.24) is 15.5 Å². The zero-order valence-electron chi connectivity index (χ0n) is 17.7. The van der Waals surface area contributed by atoms with Gasteiger partial charge in [0, 0.05) is 56.4 Å². The van der Waals surface area contributed by atoms with Gasteiger partial charge >= 0.3 is 0 Å². The summed E-state index contributed by atoms with van der Waals surface area (Å²) in [6.07, 6.45) is 9.03. The molecule has 3 aliphatic rings. The number of nitrogens with zero attached hydrogens (tertiary/aromatic N) is 2. The quantitative estimate of drug-likeness (QED) is 0.345. The Kier molecular flexibility index (Phi) is 9.71. The Morgan fingerprint density at radius 1 is 1.21 bits per heavy atom. The van der Waals surface area contributed by atoms with Gasteiger partial charge in [-0.15, -0.1) is 0 Å². The topological polar surface area (TPSA) is 58.1 Å². The zero-order valence-corrected chi connectivity index (χ0v) is 18.5. The van der Waals surface area contributed by atoms with Crippen LogP contribution in [0.4, 0.5) is 0 Å². The van der Waals surface area contributed by atoms with E-state index < -0.39 is 0 Å². The van der Waals surface area contributed by atoms with E-state index in [-0.39, 0.29) is 5.54 Å². The first-order chi connectivity index (χ1) is 13.8. The second-order valence-electron chi connectivity index (χ2n) is 8.22. The summed E-state index contributed by atoms with van der Waals surface area (Å²) in [4.78, 5) is 7.80. The van der Waals surface area contributed by atoms with E-state index in [1.807, 2.05) is 0 Å². The van der Waals surface area contributed by atoms with Crippen LogP contribution in [0.25, 0.3) is 0 Å². The lowest BCUT2D eigenvalue weighted by atomic mass is 9.80. The highest BCUT2D eigenvalue weighted by atomic mass is 32.2. The van der Waals surface area contributed by atoms with Gasteiger partial charge in [-0.05, 0) is 32.6 Å². The molecule has 2 N–H and O–H groups in total. The smallest absolute Gasteiger partial charge is 0.191 e. The van der Waals surface area contributed by atoms with E-state index in [1.165, 1.54) is 56.7 Å². The van der Waals surface area contributed by atoms with E-state index >= 15 is 0 Å². The maximum Gasteiger partial charge on any atom is 0.191 e. The van der Waals surface area contributed by atoms with Gasteiger partial charge in [0.2, 0.25) is 0 Å². The van der Waals surface area contributed by atoms with E-state index in [4.69, 9.17) is 14.5 Å². The molecule has 2 saturated heterocycles. The molecule has 2 heterocycles. The maximum absolute atomic E-state index is 5.86. The molecule has 3 fully saturated rings. The van der Waals surface area contributed by atoms with Crippen LogP contribution in [-0.2, 0) is 9.47 Å². The fourth-order valence-corrected chi connectivity index (χ4v) is 5.47. The summed E-state index contributed by atoms with van der Waals surface area (Å²) in [6, 6.07) is 0. The minimum Gasteiger partial charge on any atom is -0.379 e. The molecule has 0 bridgehead atoms. The van der Waals surface area contributed by atoms with Gasteiger partial charge in [0.1, 0.15) is 0 Å². The number of hydrogen-bond acceptors (Lipinski definition) is 5. The second kappa shape index (κ2) is 12.3. The van der Waals surface area contributed by atoms with Crippen molar-refractivity contribution in [2.75, 3.05) is 64.1 Å². The molecule has 3 rings (SSSR count). The Labute approximate surface area is 175 Å². The molecule has 28 heavy (non-hydrogen) atoms. The first-order valence-corrected chi connectivity index (χ1v) is 12.5. The van der Waals surface area contributed by atoms with Crippen molar-refractivity contribution < 1.29 is 9.47 Å². The summed E-state index contributed by atoms with van der Waals surface area (Å²) in [5, 5.41) is 6.94. The van der Waals surface area contributed by atoms with Crippen molar-refractivity contribution in [2.45, 2.75) is 63.5 Å². The number of guanidine groups is 1. The van der Waals surface area contributed by atoms with E-state index in [9.17, 15) is 0 Å². The molecule has 0 aromatic carbocycles. The van der Waals surface area contributed by atoms with Crippen molar-refractivity contribution in [3.8, 4) is 0 Å². The normalized spacial score (nSPS) is 26.3. The zero-order chi connectivity index (χ0) is 19.5. The Morgan fingerprint density at radius 3 is 2.75 bits per heavy atom. The van der Waals surface area contributed by atoms with Gasteiger partial charge in [0.25, 0.3) is 0 Å². The number of rotatable bonds is 9. The van der Waals surface area contributed by atoms with Crippen LogP contribution < -0.4 is 10.6 Å². The highest BCUT2D eigenvalue weighted by molar-refractivity contribution is 7.99. The molecule has 0 aromatic heterocycles. The number of thioether (sulfide) groups is 1. The van der Waals surface area contributed by atoms with Crippen molar-refractivity contribution in [2.24, 2.45) is 4.99 Å². The number of hydrogen-bond donors (Lipinski definition) is 2. The first-order valence-electron chi connectivity index (χ1n) is 11.4. The predicted octanol–water partition coefficient (Wildman–Crippen LogP) is 2.49. The van der Waals surface area contributed by atoms with Crippen LogP contribution in [-0.4, -0.2) is 86.6 Å². The molecule has 6 nitrogen and oxygen atoms in total. The second-order valence-corrected chi connectivity index (χ2v) is 9.44. The summed E-state index contributed by atoms with van der Waals surface area (Å²) in [7, 11) is 0. The Balaban J connectivity index is 1.47. The van der Waals surface area contributed by atoms with E-state index in [2.05, 4.69) is 34.2 Å².